The number of hydrogen-bond donors (Lipinski definition) is 4. The molecule has 340 valence electrons. The van der Waals surface area contributed by atoms with Crippen LogP contribution < -0.4 is 20.7 Å². The second kappa shape index (κ2) is 21.5. The molecule has 1 atom stereocenters. The summed E-state index contributed by atoms with van der Waals surface area (Å²) in [6.07, 6.45) is 3.59. The van der Waals surface area contributed by atoms with Crippen LogP contribution >= 0.6 is 35.0 Å². The van der Waals surface area contributed by atoms with Crippen LogP contribution in [-0.4, -0.2) is 96.6 Å². The quantitative estimate of drug-likeness (QED) is 0.0383. The van der Waals surface area contributed by atoms with Gasteiger partial charge in [0.25, 0.3) is 25.8 Å². The van der Waals surface area contributed by atoms with Gasteiger partial charge in [0.2, 0.25) is 0 Å². The first-order chi connectivity index (χ1) is 29.9. The molecule has 1 heterocycles. The lowest BCUT2D eigenvalue weighted by molar-refractivity contribution is 0.0370. The summed E-state index contributed by atoms with van der Waals surface area (Å²) in [6.45, 7) is 9.73. The number of sulfone groups is 1. The Morgan fingerprint density at radius 3 is 2.32 bits per heavy atom. The highest BCUT2D eigenvalue weighted by atomic mass is 35.5. The molecule has 0 bridgehead atoms. The van der Waals surface area contributed by atoms with Crippen molar-refractivity contribution in [1.29, 1.82) is 0 Å². The molecule has 1 amide bonds. The summed E-state index contributed by atoms with van der Waals surface area (Å²) in [6, 6.07) is 25.9. The van der Waals surface area contributed by atoms with Crippen LogP contribution in [0.2, 0.25) is 5.02 Å². The first-order valence-corrected chi connectivity index (χ1v) is 25.4. The highest BCUT2D eigenvalue weighted by molar-refractivity contribution is 7.99. The predicted molar refractivity (Wildman–Crippen MR) is 249 cm³/mol. The van der Waals surface area contributed by atoms with E-state index in [1.54, 1.807) is 12.1 Å². The van der Waals surface area contributed by atoms with Crippen LogP contribution in [0.4, 0.5) is 20.2 Å². The summed E-state index contributed by atoms with van der Waals surface area (Å²) < 4.78 is 85.2. The zero-order chi connectivity index (χ0) is 45.3. The Bertz CT molecular complexity index is 2430. The maximum absolute atomic E-state index is 14.5. The third-order valence-electron chi connectivity index (χ3n) is 11.0. The number of benzene rings is 4. The number of carbonyl (C=O) groups excluding carboxylic acids is 1. The fourth-order valence-corrected chi connectivity index (χ4v) is 10.8. The van der Waals surface area contributed by atoms with E-state index in [2.05, 4.69) is 46.8 Å². The lowest BCUT2D eigenvalue weighted by Crippen LogP contribution is -2.39. The number of allylic oxidation sites excluding steroid dienone is 1. The fourth-order valence-electron chi connectivity index (χ4n) is 7.43. The van der Waals surface area contributed by atoms with E-state index in [1.807, 2.05) is 47.2 Å². The van der Waals surface area contributed by atoms with E-state index in [9.17, 15) is 30.4 Å². The molecule has 11 nitrogen and oxygen atoms in total. The fraction of sp³-hybridized carbons (Fsp3) is 0.400. The first-order valence-electron chi connectivity index (χ1n) is 20.7. The van der Waals surface area contributed by atoms with E-state index in [0.29, 0.717) is 74.9 Å². The van der Waals surface area contributed by atoms with Crippen molar-refractivity contribution in [2.24, 2.45) is 5.41 Å². The maximum Gasteiger partial charge on any atom is 0.427 e. The van der Waals surface area contributed by atoms with Crippen LogP contribution in [0.15, 0.2) is 117 Å². The van der Waals surface area contributed by atoms with Crippen molar-refractivity contribution in [3.63, 3.8) is 0 Å². The number of ether oxygens (including phenoxy) is 1. The largest absolute Gasteiger partial charge is 0.427 e. The Morgan fingerprint density at radius 1 is 0.937 bits per heavy atom. The molecule has 18 heteroatoms. The number of nitrogens with zero attached hydrogens (tertiary/aromatic N) is 1. The lowest BCUT2D eigenvalue weighted by Gasteiger charge is -2.34. The van der Waals surface area contributed by atoms with Gasteiger partial charge in [-0.25, -0.2) is 21.6 Å². The van der Waals surface area contributed by atoms with Crippen molar-refractivity contribution >= 4 is 77.7 Å². The lowest BCUT2D eigenvalue weighted by atomic mass is 9.72. The Balaban J connectivity index is 1.09. The van der Waals surface area contributed by atoms with E-state index >= 15 is 0 Å². The third kappa shape index (κ3) is 13.6. The molecule has 0 aromatic heterocycles. The second-order valence-electron chi connectivity index (χ2n) is 16.4. The van der Waals surface area contributed by atoms with Gasteiger partial charge in [-0.15, -0.1) is 11.8 Å². The minimum Gasteiger partial charge on any atom is -0.384 e. The summed E-state index contributed by atoms with van der Waals surface area (Å²) in [7, 11) is -10.4. The minimum atomic E-state index is -5.62. The van der Waals surface area contributed by atoms with E-state index in [-0.39, 0.29) is 16.7 Å². The molecule has 1 aliphatic heterocycles. The van der Waals surface area contributed by atoms with E-state index in [4.69, 9.17) is 27.9 Å². The monoisotopic (exact) mass is 963 g/mol. The van der Waals surface area contributed by atoms with Crippen molar-refractivity contribution in [1.82, 2.24) is 14.9 Å². The van der Waals surface area contributed by atoms with Crippen LogP contribution in [0.1, 0.15) is 55.5 Å². The number of hydrogen-bond acceptors (Lipinski definition) is 11. The summed E-state index contributed by atoms with van der Waals surface area (Å²) in [5, 5.41) is 10.6. The Morgan fingerprint density at radius 2 is 1.63 bits per heavy atom. The van der Waals surface area contributed by atoms with Gasteiger partial charge in [-0.3, -0.25) is 9.69 Å². The summed E-state index contributed by atoms with van der Waals surface area (Å²) >= 11 is 12.8. The first kappa shape index (κ1) is 48.7. The number of anilines is 2. The number of sulfonamides is 1. The van der Waals surface area contributed by atoms with E-state index < -0.39 is 46.3 Å². The van der Waals surface area contributed by atoms with Gasteiger partial charge in [-0.05, 0) is 121 Å². The molecular weight excluding hydrogens is 912 g/mol. The van der Waals surface area contributed by atoms with Gasteiger partial charge < -0.3 is 20.7 Å². The van der Waals surface area contributed by atoms with E-state index in [1.165, 1.54) is 40.6 Å². The van der Waals surface area contributed by atoms with Gasteiger partial charge in [0, 0.05) is 72.2 Å². The average molecular weight is 965 g/mol. The molecule has 1 saturated heterocycles. The molecule has 4 N–H and O–H groups in total. The Kier molecular flexibility index (Phi) is 16.6. The molecule has 1 fully saturated rings. The number of carbonyl (C=O) groups is 1. The maximum atomic E-state index is 14.5. The number of morpholine rings is 1. The van der Waals surface area contributed by atoms with Crippen LogP contribution in [0, 0.1) is 5.41 Å². The minimum absolute atomic E-state index is 0.00147. The molecule has 4 aromatic rings. The molecule has 6 rings (SSSR count). The Labute approximate surface area is 383 Å². The highest BCUT2D eigenvalue weighted by Crippen LogP contribution is 2.43. The van der Waals surface area contributed by atoms with E-state index in [0.717, 1.165) is 42.8 Å². The van der Waals surface area contributed by atoms with Crippen LogP contribution in [0.5, 0.6) is 0 Å². The molecule has 0 saturated carbocycles. The number of rotatable bonds is 20. The normalized spacial score (nSPS) is 16.7. The number of amides is 1. The van der Waals surface area contributed by atoms with Gasteiger partial charge in [0.1, 0.15) is 0 Å². The number of halogens is 4. The zero-order valence-corrected chi connectivity index (χ0v) is 39.1. The summed E-state index contributed by atoms with van der Waals surface area (Å²) in [4.78, 5) is 14.6. The topological polar surface area (TPSA) is 146 Å². The molecule has 4 aromatic carbocycles. The molecule has 0 unspecified atom stereocenters. The molecular formula is C45H53Cl2F2N5O6S3. The predicted octanol–water partition coefficient (Wildman–Crippen LogP) is 8.98. The summed E-state index contributed by atoms with van der Waals surface area (Å²) in [5.74, 6) is -0.574. The zero-order valence-electron chi connectivity index (χ0n) is 35.1. The molecule has 2 aliphatic rings. The van der Waals surface area contributed by atoms with Crippen molar-refractivity contribution in [2.75, 3.05) is 68.9 Å². The van der Waals surface area contributed by atoms with Crippen molar-refractivity contribution in [3.8, 4) is 0 Å². The van der Waals surface area contributed by atoms with Crippen LogP contribution in [0.25, 0.3) is 5.57 Å². The molecule has 1 aliphatic carbocycles. The smallest absolute Gasteiger partial charge is 0.384 e. The number of thioether (sulfide) groups is 1. The SMILES string of the molecule is CC1(C)CCC(CNCCNc2ccc(C(=O)NS(=O)(=O)c3ccc(N[C@H](CCN4CCOCC4)CSc4ccccc4)c(S(=O)(=O)C(F)(F)Cl)c3)cc2)=C(c2ccc(Cl)cc2)C1. The van der Waals surface area contributed by atoms with Gasteiger partial charge in [0.15, 0.2) is 0 Å². The van der Waals surface area contributed by atoms with Crippen molar-refractivity contribution in [2.45, 2.75) is 65.0 Å². The molecule has 63 heavy (non-hydrogen) atoms. The second-order valence-corrected chi connectivity index (χ2v) is 22.2. The Hall–Kier alpha value is -3.74. The van der Waals surface area contributed by atoms with Crippen LogP contribution in [-0.2, 0) is 24.6 Å². The highest BCUT2D eigenvalue weighted by Gasteiger charge is 2.46. The number of nitrogens with one attached hydrogen (secondary N) is 4. The molecule has 0 spiro atoms. The molecule has 0 radical (unpaired) electrons. The van der Waals surface area contributed by atoms with Gasteiger partial charge in [-0.1, -0.05) is 61.4 Å². The summed E-state index contributed by atoms with van der Waals surface area (Å²) in [5.41, 5.74) is 4.57. The van der Waals surface area contributed by atoms with Crippen LogP contribution in [0.3, 0.4) is 0 Å². The van der Waals surface area contributed by atoms with Gasteiger partial charge in [-0.2, -0.15) is 8.78 Å². The third-order valence-corrected chi connectivity index (χ3v) is 15.9. The average Bonchev–Trinajstić information content (AvgIpc) is 3.25. The van der Waals surface area contributed by atoms with Gasteiger partial charge >= 0.3 is 4.71 Å². The van der Waals surface area contributed by atoms with Gasteiger partial charge in [0.05, 0.1) is 28.7 Å². The number of alkyl halides is 3. The standard InChI is InChI=1S/C45H53Cl2F2N5O6S3/c1-44(2)20-18-34(40(29-44)32-8-12-35(46)13-9-32)30-50-21-22-51-36-14-10-33(11-15-36)43(55)53-63(58,59)39-16-17-41(42(28-39)62(56,57)45(47,48)49)52-37(19-23-54-24-26-60-27-25-54)31-61-38-6-4-3-5-7-38/h3-17,28,37,50-52H,18-27,29-31H2,1-2H3,(H,53,55)/t37-/m1/s1. The van der Waals surface area contributed by atoms with Crippen molar-refractivity contribution < 1.29 is 35.1 Å². The van der Waals surface area contributed by atoms with Crippen molar-refractivity contribution in [3.05, 3.63) is 119 Å².